The average Bonchev–Trinajstić information content (AvgIpc) is 3.06. The Morgan fingerprint density at radius 3 is 2.87 bits per heavy atom. The third kappa shape index (κ3) is 5.55. The zero-order valence-electron chi connectivity index (χ0n) is 12.6. The molecule has 0 atom stereocenters. The molecule has 0 unspecified atom stereocenters. The van der Waals surface area contributed by atoms with Crippen LogP contribution in [0.5, 0.6) is 0 Å². The van der Waals surface area contributed by atoms with Crippen molar-refractivity contribution in [1.29, 1.82) is 0 Å². The van der Waals surface area contributed by atoms with Crippen LogP contribution in [0, 0.1) is 5.82 Å². The zero-order chi connectivity index (χ0) is 16.5. The third-order valence-electron chi connectivity index (χ3n) is 2.79. The van der Waals surface area contributed by atoms with Gasteiger partial charge in [0.15, 0.2) is 0 Å². The van der Waals surface area contributed by atoms with Crippen LogP contribution in [0.3, 0.4) is 0 Å². The zero-order valence-corrected chi connectivity index (χ0v) is 12.6. The summed E-state index contributed by atoms with van der Waals surface area (Å²) in [6.07, 6.45) is 1.53. The first-order valence-corrected chi connectivity index (χ1v) is 6.94. The molecule has 7 heteroatoms. The first-order chi connectivity index (χ1) is 11.2. The van der Waals surface area contributed by atoms with Gasteiger partial charge in [0.05, 0.1) is 12.9 Å². The molecule has 1 N–H and O–H groups in total. The number of hydrogen-bond donors (Lipinski definition) is 1. The van der Waals surface area contributed by atoms with Gasteiger partial charge in [0.1, 0.15) is 24.7 Å². The molecule has 1 aromatic carbocycles. The van der Waals surface area contributed by atoms with Crippen molar-refractivity contribution in [3.63, 3.8) is 0 Å². The summed E-state index contributed by atoms with van der Waals surface area (Å²) in [6, 6.07) is 8.86. The number of carbonyl (C=O) groups excluding carboxylic acids is 1. The number of carbonyl (C=O) groups is 1. The lowest BCUT2D eigenvalue weighted by molar-refractivity contribution is 0.0953. The number of halogens is 1. The first kappa shape index (κ1) is 16.7. The Kier molecular flexibility index (Phi) is 6.31. The molecule has 0 saturated carbocycles. The van der Waals surface area contributed by atoms with E-state index < -0.39 is 11.7 Å². The summed E-state index contributed by atoms with van der Waals surface area (Å²) in [5, 5.41) is 2.51. The minimum atomic E-state index is -0.514. The smallest absolute Gasteiger partial charge is 0.292 e. The summed E-state index contributed by atoms with van der Waals surface area (Å²) in [6.45, 7) is 0.769. The molecule has 0 fully saturated rings. The number of methoxy groups -OCH3 is 1. The number of nitrogens with zero attached hydrogens (tertiary/aromatic N) is 1. The number of hydrogen-bond acceptors (Lipinski definition) is 5. The molecule has 2 rings (SSSR count). The van der Waals surface area contributed by atoms with Crippen molar-refractivity contribution in [1.82, 2.24) is 5.32 Å². The lowest BCUT2D eigenvalue weighted by Gasteiger charge is -2.10. The molecule has 6 nitrogen and oxygen atoms in total. The maximum atomic E-state index is 13.2. The molecule has 0 aliphatic heterocycles. The van der Waals surface area contributed by atoms with Crippen LogP contribution in [0.25, 0.3) is 0 Å². The van der Waals surface area contributed by atoms with Crippen molar-refractivity contribution >= 4 is 11.9 Å². The van der Waals surface area contributed by atoms with Crippen molar-refractivity contribution in [3.8, 4) is 0 Å². The molecule has 2 aromatic rings. The predicted octanol–water partition coefficient (Wildman–Crippen LogP) is 2.37. The number of nitrogens with one attached hydrogen (secondary N) is 1. The Hall–Kier alpha value is -2.67. The molecule has 0 aliphatic carbocycles. The fourth-order valence-electron chi connectivity index (χ4n) is 1.69. The minimum absolute atomic E-state index is 0.0210. The van der Waals surface area contributed by atoms with Gasteiger partial charge in [-0.1, -0.05) is 6.07 Å². The number of aliphatic imine (C=N–C) groups is 1. The van der Waals surface area contributed by atoms with E-state index in [1.807, 2.05) is 0 Å². The van der Waals surface area contributed by atoms with Gasteiger partial charge in [0.25, 0.3) is 11.9 Å². The van der Waals surface area contributed by atoms with Crippen LogP contribution in [0.1, 0.15) is 16.1 Å². The van der Waals surface area contributed by atoms with Gasteiger partial charge in [-0.15, -0.1) is 0 Å². The fraction of sp³-hybridized carbons (Fsp3) is 0.250. The van der Waals surface area contributed by atoms with Gasteiger partial charge < -0.3 is 13.9 Å². The summed E-state index contributed by atoms with van der Waals surface area (Å²) < 4.78 is 28.6. The van der Waals surface area contributed by atoms with Crippen molar-refractivity contribution in [2.24, 2.45) is 4.99 Å². The van der Waals surface area contributed by atoms with E-state index in [1.54, 1.807) is 12.1 Å². The quantitative estimate of drug-likeness (QED) is 0.504. The number of amides is 1. The highest BCUT2D eigenvalue weighted by molar-refractivity contribution is 6.04. The van der Waals surface area contributed by atoms with Crippen molar-refractivity contribution in [2.75, 3.05) is 20.3 Å². The lowest BCUT2D eigenvalue weighted by atomic mass is 10.2. The monoisotopic (exact) mass is 320 g/mol. The van der Waals surface area contributed by atoms with Crippen LogP contribution in [-0.4, -0.2) is 32.3 Å². The summed E-state index contributed by atoms with van der Waals surface area (Å²) in [4.78, 5) is 16.3. The van der Waals surface area contributed by atoms with Gasteiger partial charge in [-0.3, -0.25) is 10.1 Å². The number of rotatable bonds is 6. The molecular weight excluding hydrogens is 303 g/mol. The van der Waals surface area contributed by atoms with Crippen molar-refractivity contribution in [3.05, 3.63) is 59.8 Å². The summed E-state index contributed by atoms with van der Waals surface area (Å²) >= 11 is 0. The van der Waals surface area contributed by atoms with Crippen LogP contribution < -0.4 is 5.32 Å². The molecule has 23 heavy (non-hydrogen) atoms. The Labute approximate surface area is 132 Å². The average molecular weight is 320 g/mol. The van der Waals surface area contributed by atoms with E-state index in [0.717, 1.165) is 6.07 Å². The molecule has 0 bridgehead atoms. The minimum Gasteiger partial charge on any atom is -0.467 e. The number of amidine groups is 1. The number of benzene rings is 1. The van der Waals surface area contributed by atoms with Gasteiger partial charge in [0.2, 0.25) is 0 Å². The van der Waals surface area contributed by atoms with E-state index in [-0.39, 0.29) is 24.7 Å². The largest absolute Gasteiger partial charge is 0.467 e. The summed E-state index contributed by atoms with van der Waals surface area (Å²) in [7, 11) is 1.54. The van der Waals surface area contributed by atoms with Crippen molar-refractivity contribution < 1.29 is 23.1 Å². The Balaban J connectivity index is 2.03. The van der Waals surface area contributed by atoms with Gasteiger partial charge >= 0.3 is 0 Å². The fourth-order valence-corrected chi connectivity index (χ4v) is 1.69. The Bertz CT molecular complexity index is 656. The van der Waals surface area contributed by atoms with Gasteiger partial charge in [0, 0.05) is 12.7 Å². The van der Waals surface area contributed by atoms with Crippen LogP contribution >= 0.6 is 0 Å². The van der Waals surface area contributed by atoms with Gasteiger partial charge in [-0.2, -0.15) is 0 Å². The van der Waals surface area contributed by atoms with Crippen LogP contribution in [0.15, 0.2) is 52.1 Å². The molecule has 1 amide bonds. The molecular formula is C16H17FN2O4. The maximum absolute atomic E-state index is 13.2. The third-order valence-corrected chi connectivity index (χ3v) is 2.79. The normalized spacial score (nSPS) is 11.3. The number of ether oxygens (including phenoxy) is 2. The molecule has 122 valence electrons. The van der Waals surface area contributed by atoms with Gasteiger partial charge in [-0.25, -0.2) is 9.38 Å². The van der Waals surface area contributed by atoms with Crippen molar-refractivity contribution in [2.45, 2.75) is 6.54 Å². The highest BCUT2D eigenvalue weighted by Crippen LogP contribution is 2.04. The molecule has 0 spiro atoms. The van der Waals surface area contributed by atoms with Crippen LogP contribution in [0.4, 0.5) is 4.39 Å². The standard InChI is InChI=1S/C16H17FN2O4/c1-21-8-9-23-16(18-11-14-6-3-7-22-14)19-15(20)12-4-2-5-13(17)10-12/h2-7,10H,8-9,11H2,1H3,(H,18,19,20). The van der Waals surface area contributed by atoms with Crippen LogP contribution in [-0.2, 0) is 16.0 Å². The molecule has 0 saturated heterocycles. The molecule has 1 heterocycles. The van der Waals surface area contributed by atoms with E-state index in [4.69, 9.17) is 13.9 Å². The Morgan fingerprint density at radius 2 is 2.17 bits per heavy atom. The topological polar surface area (TPSA) is 73.1 Å². The van der Waals surface area contributed by atoms with E-state index in [1.165, 1.54) is 31.6 Å². The van der Waals surface area contributed by atoms with E-state index in [0.29, 0.717) is 12.4 Å². The lowest BCUT2D eigenvalue weighted by Crippen LogP contribution is -2.33. The second-order valence-electron chi connectivity index (χ2n) is 4.51. The molecule has 1 aromatic heterocycles. The van der Waals surface area contributed by atoms with E-state index in [2.05, 4.69) is 10.3 Å². The van der Waals surface area contributed by atoms with E-state index >= 15 is 0 Å². The summed E-state index contributed by atoms with van der Waals surface area (Å²) in [5.41, 5.74) is 0.172. The Morgan fingerprint density at radius 1 is 1.30 bits per heavy atom. The second-order valence-corrected chi connectivity index (χ2v) is 4.51. The number of furan rings is 1. The summed E-state index contributed by atoms with van der Waals surface area (Å²) in [5.74, 6) is -0.384. The highest BCUT2D eigenvalue weighted by Gasteiger charge is 2.11. The van der Waals surface area contributed by atoms with E-state index in [9.17, 15) is 9.18 Å². The van der Waals surface area contributed by atoms with Gasteiger partial charge in [-0.05, 0) is 30.3 Å². The maximum Gasteiger partial charge on any atom is 0.292 e. The molecule has 0 aliphatic rings. The second kappa shape index (κ2) is 8.70. The molecule has 0 radical (unpaired) electrons. The SMILES string of the molecule is COCCOC(=NCc1ccco1)NC(=O)c1cccc(F)c1. The first-order valence-electron chi connectivity index (χ1n) is 6.94. The predicted molar refractivity (Wildman–Crippen MR) is 81.5 cm³/mol. The van der Waals surface area contributed by atoms with Crippen LogP contribution in [0.2, 0.25) is 0 Å². The highest BCUT2D eigenvalue weighted by atomic mass is 19.1.